The first kappa shape index (κ1) is 14.5. The summed E-state index contributed by atoms with van der Waals surface area (Å²) in [7, 11) is -3.89. The Hall–Kier alpha value is -1.86. The summed E-state index contributed by atoms with van der Waals surface area (Å²) in [5.41, 5.74) is 1.25. The van der Waals surface area contributed by atoms with E-state index in [1.165, 1.54) is 6.07 Å². The summed E-state index contributed by atoms with van der Waals surface area (Å²) in [6.45, 7) is 1.14. The Labute approximate surface area is 121 Å². The fraction of sp³-hybridized carbons (Fsp3) is 0.154. The van der Waals surface area contributed by atoms with Gasteiger partial charge >= 0.3 is 0 Å². The van der Waals surface area contributed by atoms with Crippen LogP contribution >= 0.6 is 11.3 Å². The number of hydrogen-bond donors (Lipinski definition) is 0. The molecule has 2 aromatic rings. The summed E-state index contributed by atoms with van der Waals surface area (Å²) in [4.78, 5) is 10.9. The lowest BCUT2D eigenvalue weighted by atomic mass is 10.2. The fourth-order valence-corrected chi connectivity index (χ4v) is 4.18. The molecule has 1 aromatic heterocycles. The van der Waals surface area contributed by atoms with E-state index in [-0.39, 0.29) is 4.21 Å². The molecule has 0 aliphatic heterocycles. The van der Waals surface area contributed by atoms with E-state index < -0.39 is 22.5 Å². The first-order valence-electron chi connectivity index (χ1n) is 5.74. The van der Waals surface area contributed by atoms with E-state index in [0.29, 0.717) is 5.69 Å². The van der Waals surface area contributed by atoms with Gasteiger partial charge in [-0.3, -0.25) is 4.31 Å². The fourth-order valence-electron chi connectivity index (χ4n) is 1.66. The van der Waals surface area contributed by atoms with Crippen molar-refractivity contribution in [3.63, 3.8) is 0 Å². The highest BCUT2D eigenvalue weighted by molar-refractivity contribution is 7.94. The lowest BCUT2D eigenvalue weighted by Crippen LogP contribution is -2.41. The van der Waals surface area contributed by atoms with Gasteiger partial charge in [0.25, 0.3) is 10.0 Å². The number of anilines is 1. The van der Waals surface area contributed by atoms with Gasteiger partial charge in [-0.2, -0.15) is 0 Å². The molecule has 0 fully saturated rings. The maximum absolute atomic E-state index is 12.5. The molecule has 0 unspecified atom stereocenters. The molecule has 0 aliphatic rings. The van der Waals surface area contributed by atoms with Crippen molar-refractivity contribution in [3.8, 4) is 0 Å². The van der Waals surface area contributed by atoms with E-state index >= 15 is 0 Å². The SMILES string of the molecule is Cc1ccc(N(CC(=O)[O-])S(=O)(=O)c2cccs2)cc1. The first-order chi connectivity index (χ1) is 9.41. The second-order valence-electron chi connectivity index (χ2n) is 4.15. The molecule has 0 radical (unpaired) electrons. The maximum Gasteiger partial charge on any atom is 0.274 e. The molecule has 0 saturated carbocycles. The molecule has 0 aliphatic carbocycles. The lowest BCUT2D eigenvalue weighted by Gasteiger charge is -2.24. The molecule has 5 nitrogen and oxygen atoms in total. The van der Waals surface area contributed by atoms with Crippen molar-refractivity contribution in [1.29, 1.82) is 0 Å². The quantitative estimate of drug-likeness (QED) is 0.825. The van der Waals surface area contributed by atoms with E-state index in [0.717, 1.165) is 21.2 Å². The molecular weight excluding hydrogens is 298 g/mol. The Morgan fingerprint density at radius 1 is 1.25 bits per heavy atom. The van der Waals surface area contributed by atoms with Crippen molar-refractivity contribution in [3.05, 3.63) is 47.3 Å². The molecule has 7 heteroatoms. The third-order valence-electron chi connectivity index (χ3n) is 2.63. The van der Waals surface area contributed by atoms with E-state index in [9.17, 15) is 18.3 Å². The Balaban J connectivity index is 2.48. The average molecular weight is 310 g/mol. The minimum absolute atomic E-state index is 0.0966. The zero-order valence-corrected chi connectivity index (χ0v) is 12.3. The van der Waals surface area contributed by atoms with Crippen LogP contribution in [0.15, 0.2) is 46.0 Å². The van der Waals surface area contributed by atoms with Crippen LogP contribution in [-0.4, -0.2) is 20.9 Å². The number of thiophene rings is 1. The number of carbonyl (C=O) groups excluding carboxylic acids is 1. The first-order valence-corrected chi connectivity index (χ1v) is 8.06. The molecule has 0 saturated heterocycles. The zero-order valence-electron chi connectivity index (χ0n) is 10.6. The van der Waals surface area contributed by atoms with E-state index in [2.05, 4.69) is 0 Å². The molecule has 0 atom stereocenters. The van der Waals surface area contributed by atoms with Gasteiger partial charge in [0.1, 0.15) is 4.21 Å². The molecule has 0 amide bonds. The summed E-state index contributed by atoms with van der Waals surface area (Å²) >= 11 is 1.04. The number of hydrogen-bond acceptors (Lipinski definition) is 5. The monoisotopic (exact) mass is 310 g/mol. The molecule has 0 spiro atoms. The number of benzene rings is 1. The van der Waals surface area contributed by atoms with Gasteiger partial charge in [0.2, 0.25) is 0 Å². The van der Waals surface area contributed by atoms with Crippen LogP contribution in [0.4, 0.5) is 5.69 Å². The second-order valence-corrected chi connectivity index (χ2v) is 7.19. The summed E-state index contributed by atoms with van der Waals surface area (Å²) < 4.78 is 25.9. The van der Waals surface area contributed by atoms with Crippen molar-refractivity contribution in [2.45, 2.75) is 11.1 Å². The average Bonchev–Trinajstić information content (AvgIpc) is 2.91. The Morgan fingerprint density at radius 2 is 1.90 bits per heavy atom. The predicted octanol–water partition coefficient (Wildman–Crippen LogP) is 1.00. The van der Waals surface area contributed by atoms with Crippen LogP contribution in [0.2, 0.25) is 0 Å². The molecule has 0 bridgehead atoms. The number of aliphatic carboxylic acids is 1. The summed E-state index contributed by atoms with van der Waals surface area (Å²) in [6, 6.07) is 9.64. The highest BCUT2D eigenvalue weighted by atomic mass is 32.2. The van der Waals surface area contributed by atoms with Gasteiger partial charge in [-0.05, 0) is 30.5 Å². The third-order valence-corrected chi connectivity index (χ3v) is 5.78. The van der Waals surface area contributed by atoms with Crippen LogP contribution in [0.25, 0.3) is 0 Å². The normalized spacial score (nSPS) is 11.2. The zero-order chi connectivity index (χ0) is 14.8. The molecule has 0 N–H and O–H groups in total. The van der Waals surface area contributed by atoms with Gasteiger partial charge in [0, 0.05) is 0 Å². The molecule has 20 heavy (non-hydrogen) atoms. The molecule has 1 aromatic carbocycles. The van der Waals surface area contributed by atoms with Crippen LogP contribution in [0, 0.1) is 6.92 Å². The van der Waals surface area contributed by atoms with Gasteiger partial charge in [-0.1, -0.05) is 23.8 Å². The van der Waals surface area contributed by atoms with Crippen molar-refractivity contribution < 1.29 is 18.3 Å². The van der Waals surface area contributed by atoms with Crippen molar-refractivity contribution >= 4 is 33.0 Å². The smallest absolute Gasteiger partial charge is 0.274 e. The standard InChI is InChI=1S/C13H13NO4S2/c1-10-4-6-11(7-5-10)14(9-12(15)16)20(17,18)13-3-2-8-19-13/h2-8H,9H2,1H3,(H,15,16)/p-1. The van der Waals surface area contributed by atoms with Gasteiger partial charge in [-0.25, -0.2) is 8.42 Å². The lowest BCUT2D eigenvalue weighted by molar-refractivity contribution is -0.303. The van der Waals surface area contributed by atoms with E-state index in [4.69, 9.17) is 0 Å². The number of carboxylic acids is 1. The summed E-state index contributed by atoms with van der Waals surface area (Å²) in [5, 5.41) is 12.5. The minimum Gasteiger partial charge on any atom is -0.548 e. The number of aryl methyl sites for hydroxylation is 1. The molecule has 2 rings (SSSR count). The molecule has 1 heterocycles. The molecule has 106 valence electrons. The highest BCUT2D eigenvalue weighted by Crippen LogP contribution is 2.26. The summed E-state index contributed by atoms with van der Waals surface area (Å²) in [6.07, 6.45) is 0. The van der Waals surface area contributed by atoms with Crippen LogP contribution in [0.3, 0.4) is 0 Å². The summed E-state index contributed by atoms with van der Waals surface area (Å²) in [5.74, 6) is -1.45. The van der Waals surface area contributed by atoms with Crippen LogP contribution < -0.4 is 9.41 Å². The Kier molecular flexibility index (Phi) is 4.10. The van der Waals surface area contributed by atoms with Crippen LogP contribution in [-0.2, 0) is 14.8 Å². The highest BCUT2D eigenvalue weighted by Gasteiger charge is 2.25. The van der Waals surface area contributed by atoms with Crippen molar-refractivity contribution in [2.24, 2.45) is 0 Å². The molecular formula is C13H12NO4S2-. The van der Waals surface area contributed by atoms with Gasteiger partial charge < -0.3 is 9.90 Å². The number of sulfonamides is 1. The number of nitrogens with zero attached hydrogens (tertiary/aromatic N) is 1. The second kappa shape index (κ2) is 5.64. The largest absolute Gasteiger partial charge is 0.548 e. The van der Waals surface area contributed by atoms with E-state index in [1.54, 1.807) is 35.7 Å². The van der Waals surface area contributed by atoms with Crippen LogP contribution in [0.5, 0.6) is 0 Å². The van der Waals surface area contributed by atoms with Gasteiger partial charge in [0.05, 0.1) is 18.2 Å². The van der Waals surface area contributed by atoms with Crippen molar-refractivity contribution in [1.82, 2.24) is 0 Å². The third kappa shape index (κ3) is 3.00. The maximum atomic E-state index is 12.5. The van der Waals surface area contributed by atoms with Gasteiger partial charge in [0.15, 0.2) is 0 Å². The number of rotatable bonds is 5. The topological polar surface area (TPSA) is 77.5 Å². The number of carbonyl (C=O) groups is 1. The minimum atomic E-state index is -3.89. The van der Waals surface area contributed by atoms with Crippen molar-refractivity contribution in [2.75, 3.05) is 10.8 Å². The van der Waals surface area contributed by atoms with Gasteiger partial charge in [-0.15, -0.1) is 11.3 Å². The Bertz CT molecular complexity index is 690. The van der Waals surface area contributed by atoms with Crippen LogP contribution in [0.1, 0.15) is 5.56 Å². The van der Waals surface area contributed by atoms with E-state index in [1.807, 2.05) is 6.92 Å². The number of carboxylic acid groups (broad SMARTS) is 1. The Morgan fingerprint density at radius 3 is 2.40 bits per heavy atom. The predicted molar refractivity (Wildman–Crippen MR) is 75.0 cm³/mol.